The van der Waals surface area contributed by atoms with E-state index in [1.807, 2.05) is 24.9 Å². The number of rotatable bonds is 4. The third kappa shape index (κ3) is 3.24. The van der Waals surface area contributed by atoms with Crippen molar-refractivity contribution in [1.82, 2.24) is 25.0 Å². The SMILES string of the molecule is Cc1noc(C)c1-c1cnc(CC2CCN(C(=O)c3cscn3)C2)cn1. The lowest BCUT2D eigenvalue weighted by atomic mass is 10.0. The number of likely N-dealkylation sites (tertiary alicyclic amines) is 1. The number of aromatic nitrogens is 4. The molecule has 1 saturated heterocycles. The fourth-order valence-corrected chi connectivity index (χ4v) is 3.92. The first kappa shape index (κ1) is 16.8. The normalized spacial score (nSPS) is 17.0. The Morgan fingerprint density at radius 1 is 1.31 bits per heavy atom. The third-order valence-corrected chi connectivity index (χ3v) is 5.30. The van der Waals surface area contributed by atoms with E-state index in [4.69, 9.17) is 4.52 Å². The van der Waals surface area contributed by atoms with Crippen LogP contribution in [0, 0.1) is 19.8 Å². The largest absolute Gasteiger partial charge is 0.361 e. The first-order chi connectivity index (χ1) is 12.6. The number of nitrogens with zero attached hydrogens (tertiary/aromatic N) is 5. The average molecular weight is 369 g/mol. The van der Waals surface area contributed by atoms with Crippen LogP contribution in [0.1, 0.15) is 34.1 Å². The minimum Gasteiger partial charge on any atom is -0.361 e. The van der Waals surface area contributed by atoms with Gasteiger partial charge in [-0.2, -0.15) is 0 Å². The third-order valence-electron chi connectivity index (χ3n) is 4.72. The Labute approximate surface area is 155 Å². The number of hydrogen-bond acceptors (Lipinski definition) is 7. The molecule has 1 atom stereocenters. The van der Waals surface area contributed by atoms with Crippen molar-refractivity contribution in [1.29, 1.82) is 0 Å². The lowest BCUT2D eigenvalue weighted by Gasteiger charge is -2.15. The van der Waals surface area contributed by atoms with Crippen molar-refractivity contribution in [2.45, 2.75) is 26.7 Å². The maximum Gasteiger partial charge on any atom is 0.273 e. The Morgan fingerprint density at radius 3 is 2.85 bits per heavy atom. The van der Waals surface area contributed by atoms with E-state index in [-0.39, 0.29) is 5.91 Å². The summed E-state index contributed by atoms with van der Waals surface area (Å²) in [5.74, 6) is 1.17. The van der Waals surface area contributed by atoms with Gasteiger partial charge in [0.05, 0.1) is 34.4 Å². The molecule has 0 aliphatic carbocycles. The van der Waals surface area contributed by atoms with Gasteiger partial charge in [0.1, 0.15) is 11.5 Å². The molecule has 1 aliphatic heterocycles. The second-order valence-electron chi connectivity index (χ2n) is 6.58. The fourth-order valence-electron chi connectivity index (χ4n) is 3.40. The van der Waals surface area contributed by atoms with E-state index in [1.54, 1.807) is 17.1 Å². The molecular weight excluding hydrogens is 350 g/mol. The number of thiazole rings is 1. The molecule has 1 unspecified atom stereocenters. The molecular formula is C18H19N5O2S. The molecule has 1 fully saturated rings. The molecule has 4 heterocycles. The maximum absolute atomic E-state index is 12.4. The van der Waals surface area contributed by atoms with Crippen LogP contribution in [0.2, 0.25) is 0 Å². The van der Waals surface area contributed by atoms with Gasteiger partial charge in [0.25, 0.3) is 5.91 Å². The highest BCUT2D eigenvalue weighted by Gasteiger charge is 2.28. The zero-order chi connectivity index (χ0) is 18.1. The van der Waals surface area contributed by atoms with Crippen molar-refractivity contribution in [2.24, 2.45) is 5.92 Å². The summed E-state index contributed by atoms with van der Waals surface area (Å²) < 4.78 is 5.19. The second-order valence-corrected chi connectivity index (χ2v) is 7.29. The Bertz CT molecular complexity index is 885. The molecule has 0 spiro atoms. The molecule has 134 valence electrons. The Kier molecular flexibility index (Phi) is 4.50. The Hall–Kier alpha value is -2.61. The molecule has 8 heteroatoms. The highest BCUT2D eigenvalue weighted by Crippen LogP contribution is 2.25. The van der Waals surface area contributed by atoms with Gasteiger partial charge < -0.3 is 9.42 Å². The molecule has 26 heavy (non-hydrogen) atoms. The summed E-state index contributed by atoms with van der Waals surface area (Å²) in [6, 6.07) is 0. The zero-order valence-electron chi connectivity index (χ0n) is 14.7. The molecule has 0 N–H and O–H groups in total. The van der Waals surface area contributed by atoms with Gasteiger partial charge in [-0.1, -0.05) is 5.16 Å². The minimum absolute atomic E-state index is 0.0218. The molecule has 0 aromatic carbocycles. The van der Waals surface area contributed by atoms with E-state index in [9.17, 15) is 4.79 Å². The van der Waals surface area contributed by atoms with Crippen LogP contribution in [-0.2, 0) is 6.42 Å². The lowest BCUT2D eigenvalue weighted by molar-refractivity contribution is 0.0782. The van der Waals surface area contributed by atoms with Crippen LogP contribution >= 0.6 is 11.3 Å². The van der Waals surface area contributed by atoms with Gasteiger partial charge in [-0.25, -0.2) is 4.98 Å². The standard InChI is InChI=1S/C18H19N5O2S/c1-11-17(12(2)25-22-11)15-7-19-14(6-20-15)5-13-3-4-23(8-13)18(24)16-9-26-10-21-16/h6-7,9-10,13H,3-5,8H2,1-2H3. The zero-order valence-corrected chi connectivity index (χ0v) is 15.5. The summed E-state index contributed by atoms with van der Waals surface area (Å²) in [4.78, 5) is 27.4. The Morgan fingerprint density at radius 2 is 2.19 bits per heavy atom. The summed E-state index contributed by atoms with van der Waals surface area (Å²) in [6.45, 7) is 5.28. The number of carbonyl (C=O) groups is 1. The predicted octanol–water partition coefficient (Wildman–Crippen LogP) is 2.91. The van der Waals surface area contributed by atoms with Gasteiger partial charge >= 0.3 is 0 Å². The van der Waals surface area contributed by atoms with Crippen LogP contribution < -0.4 is 0 Å². The van der Waals surface area contributed by atoms with E-state index in [2.05, 4.69) is 20.1 Å². The molecule has 0 radical (unpaired) electrons. The molecule has 0 saturated carbocycles. The van der Waals surface area contributed by atoms with Crippen molar-refractivity contribution >= 4 is 17.2 Å². The van der Waals surface area contributed by atoms with Crippen molar-refractivity contribution in [3.8, 4) is 11.3 Å². The first-order valence-electron chi connectivity index (χ1n) is 8.53. The predicted molar refractivity (Wildman–Crippen MR) is 96.8 cm³/mol. The number of amides is 1. The number of hydrogen-bond donors (Lipinski definition) is 0. The monoisotopic (exact) mass is 369 g/mol. The van der Waals surface area contributed by atoms with Gasteiger partial charge in [-0.15, -0.1) is 11.3 Å². The van der Waals surface area contributed by atoms with Gasteiger partial charge in [0.15, 0.2) is 0 Å². The van der Waals surface area contributed by atoms with Crippen molar-refractivity contribution in [3.63, 3.8) is 0 Å². The molecule has 3 aromatic rings. The summed E-state index contributed by atoms with van der Waals surface area (Å²) in [6.07, 6.45) is 5.38. The minimum atomic E-state index is 0.0218. The quantitative estimate of drug-likeness (QED) is 0.703. The van der Waals surface area contributed by atoms with E-state index >= 15 is 0 Å². The van der Waals surface area contributed by atoms with Gasteiger partial charge in [-0.05, 0) is 32.6 Å². The topological polar surface area (TPSA) is 85.0 Å². The maximum atomic E-state index is 12.4. The van der Waals surface area contributed by atoms with Crippen LogP contribution in [0.15, 0.2) is 27.8 Å². The number of aryl methyl sites for hydroxylation is 2. The molecule has 0 bridgehead atoms. The van der Waals surface area contributed by atoms with Crippen LogP contribution in [-0.4, -0.2) is 44.0 Å². The fraction of sp³-hybridized carbons (Fsp3) is 0.389. The second kappa shape index (κ2) is 6.95. The first-order valence-corrected chi connectivity index (χ1v) is 9.47. The Balaban J connectivity index is 1.40. The summed E-state index contributed by atoms with van der Waals surface area (Å²) >= 11 is 1.44. The summed E-state index contributed by atoms with van der Waals surface area (Å²) in [5.41, 5.74) is 5.67. The molecule has 7 nitrogen and oxygen atoms in total. The van der Waals surface area contributed by atoms with E-state index in [0.29, 0.717) is 11.6 Å². The van der Waals surface area contributed by atoms with Crippen LogP contribution in [0.4, 0.5) is 0 Å². The van der Waals surface area contributed by atoms with E-state index in [0.717, 1.165) is 54.3 Å². The van der Waals surface area contributed by atoms with Crippen LogP contribution in [0.3, 0.4) is 0 Å². The smallest absolute Gasteiger partial charge is 0.273 e. The van der Waals surface area contributed by atoms with Gasteiger partial charge in [0.2, 0.25) is 0 Å². The van der Waals surface area contributed by atoms with Crippen molar-refractivity contribution in [3.05, 3.63) is 46.1 Å². The summed E-state index contributed by atoms with van der Waals surface area (Å²) in [5, 5.41) is 5.76. The number of carbonyl (C=O) groups excluding carboxylic acids is 1. The molecule has 1 aliphatic rings. The lowest BCUT2D eigenvalue weighted by Crippen LogP contribution is -2.29. The highest BCUT2D eigenvalue weighted by atomic mass is 32.1. The average Bonchev–Trinajstić information content (AvgIpc) is 3.38. The van der Waals surface area contributed by atoms with E-state index < -0.39 is 0 Å². The molecule has 4 rings (SSSR count). The molecule has 3 aromatic heterocycles. The molecule has 1 amide bonds. The van der Waals surface area contributed by atoms with Crippen LogP contribution in [0.25, 0.3) is 11.3 Å². The van der Waals surface area contributed by atoms with Crippen LogP contribution in [0.5, 0.6) is 0 Å². The van der Waals surface area contributed by atoms with Gasteiger partial charge in [-0.3, -0.25) is 14.8 Å². The highest BCUT2D eigenvalue weighted by molar-refractivity contribution is 7.07. The summed E-state index contributed by atoms with van der Waals surface area (Å²) in [7, 11) is 0. The van der Waals surface area contributed by atoms with Gasteiger partial charge in [0, 0.05) is 24.7 Å². The van der Waals surface area contributed by atoms with Crippen molar-refractivity contribution in [2.75, 3.05) is 13.1 Å². The van der Waals surface area contributed by atoms with E-state index in [1.165, 1.54) is 11.3 Å². The van der Waals surface area contributed by atoms with Crippen molar-refractivity contribution < 1.29 is 9.32 Å².